The molecule has 0 radical (unpaired) electrons. The number of ether oxygens (including phenoxy) is 1. The lowest BCUT2D eigenvalue weighted by Crippen LogP contribution is -2.38. The predicted octanol–water partition coefficient (Wildman–Crippen LogP) is 4.56. The van der Waals surface area contributed by atoms with Gasteiger partial charge in [-0.05, 0) is 50.2 Å². The molecular weight excluding hydrogens is 439 g/mol. The summed E-state index contributed by atoms with van der Waals surface area (Å²) in [5, 5.41) is 12.1. The van der Waals surface area contributed by atoms with Crippen LogP contribution in [-0.4, -0.2) is 53.9 Å². The number of halogens is 3. The Hall–Kier alpha value is -2.52. The van der Waals surface area contributed by atoms with E-state index in [-0.39, 0.29) is 48.8 Å². The molecule has 0 spiro atoms. The van der Waals surface area contributed by atoms with Crippen LogP contribution in [0.25, 0.3) is 0 Å². The van der Waals surface area contributed by atoms with Gasteiger partial charge in [-0.1, -0.05) is 19.3 Å². The zero-order valence-electron chi connectivity index (χ0n) is 18.7. The highest BCUT2D eigenvalue weighted by Gasteiger charge is 2.28. The molecule has 1 saturated heterocycles. The highest BCUT2D eigenvalue weighted by Crippen LogP contribution is 2.28. The summed E-state index contributed by atoms with van der Waals surface area (Å²) in [4.78, 5) is 30.4. The Morgan fingerprint density at radius 2 is 1.91 bits per heavy atom. The number of amides is 1. The normalized spacial score (nSPS) is 19.8. The minimum absolute atomic E-state index is 0.0107. The van der Waals surface area contributed by atoms with Crippen molar-refractivity contribution in [3.63, 3.8) is 0 Å². The molecule has 1 amide bonds. The summed E-state index contributed by atoms with van der Waals surface area (Å²) >= 11 is 0. The van der Waals surface area contributed by atoms with E-state index >= 15 is 0 Å². The van der Waals surface area contributed by atoms with Gasteiger partial charge < -0.3 is 20.1 Å². The third kappa shape index (κ3) is 8.08. The number of pyridine rings is 1. The Labute approximate surface area is 191 Å². The summed E-state index contributed by atoms with van der Waals surface area (Å²) in [6.45, 7) is 0.992. The van der Waals surface area contributed by atoms with Gasteiger partial charge in [-0.3, -0.25) is 9.59 Å². The Bertz CT molecular complexity index is 813. The topological polar surface area (TPSA) is 91.8 Å². The Morgan fingerprint density at radius 1 is 1.15 bits per heavy atom. The summed E-state index contributed by atoms with van der Waals surface area (Å²) in [5.74, 6) is -0.649. The number of rotatable bonds is 9. The van der Waals surface area contributed by atoms with Gasteiger partial charge in [0.1, 0.15) is 11.4 Å². The maximum Gasteiger partial charge on any atom is 0.389 e. The van der Waals surface area contributed by atoms with Gasteiger partial charge >= 0.3 is 12.1 Å². The summed E-state index contributed by atoms with van der Waals surface area (Å²) < 4.78 is 43.1. The first-order chi connectivity index (χ1) is 15.7. The molecule has 3 rings (SSSR count). The van der Waals surface area contributed by atoms with E-state index < -0.39 is 18.6 Å². The number of carbonyl (C=O) groups excluding carboxylic acids is 1. The van der Waals surface area contributed by atoms with Gasteiger partial charge in [-0.15, -0.1) is 0 Å². The standard InChI is InChI=1S/C23H32F3N3O4/c24-23(25,26)11-5-13-33-22-18(21(32)27-17-7-2-1-3-8-17)9-10-19(28-22)29-12-4-6-16(15-29)14-20(30)31/h9-10,16-17H,1-8,11-15H2,(H,27,32)(H,30,31)/t16-/m0/s1. The number of carboxylic acids is 1. The maximum absolute atomic E-state index is 12.9. The SMILES string of the molecule is O=C(O)C[C@@H]1CCCN(c2ccc(C(=O)NC3CCCCC3)c(OCCCC(F)(F)F)n2)C1. The zero-order chi connectivity index (χ0) is 23.8. The van der Waals surface area contributed by atoms with E-state index in [2.05, 4.69) is 10.3 Å². The van der Waals surface area contributed by atoms with E-state index in [1.54, 1.807) is 12.1 Å². The van der Waals surface area contributed by atoms with Gasteiger partial charge in [0, 0.05) is 32.0 Å². The van der Waals surface area contributed by atoms with Gasteiger partial charge in [0.15, 0.2) is 0 Å². The van der Waals surface area contributed by atoms with Crippen LogP contribution in [0.2, 0.25) is 0 Å². The van der Waals surface area contributed by atoms with Crippen LogP contribution in [0.1, 0.15) is 74.6 Å². The van der Waals surface area contributed by atoms with Crippen LogP contribution in [-0.2, 0) is 4.79 Å². The molecule has 1 saturated carbocycles. The second kappa shape index (κ2) is 11.6. The first kappa shape index (κ1) is 25.1. The van der Waals surface area contributed by atoms with E-state index in [9.17, 15) is 22.8 Å². The van der Waals surface area contributed by atoms with Crippen molar-refractivity contribution >= 4 is 17.7 Å². The van der Waals surface area contributed by atoms with Crippen LogP contribution >= 0.6 is 0 Å². The summed E-state index contributed by atoms with van der Waals surface area (Å²) in [6, 6.07) is 3.37. The molecule has 0 bridgehead atoms. The molecule has 2 N–H and O–H groups in total. The molecule has 33 heavy (non-hydrogen) atoms. The smallest absolute Gasteiger partial charge is 0.389 e. The highest BCUT2D eigenvalue weighted by molar-refractivity contribution is 5.96. The third-order valence-electron chi connectivity index (χ3n) is 6.18. The molecule has 1 aromatic heterocycles. The van der Waals surface area contributed by atoms with Crippen LogP contribution in [0.3, 0.4) is 0 Å². The van der Waals surface area contributed by atoms with E-state index in [0.29, 0.717) is 18.9 Å². The van der Waals surface area contributed by atoms with Crippen LogP contribution < -0.4 is 15.0 Å². The highest BCUT2D eigenvalue weighted by atomic mass is 19.4. The quantitative estimate of drug-likeness (QED) is 0.513. The number of anilines is 1. The molecule has 0 aromatic carbocycles. The van der Waals surface area contributed by atoms with Gasteiger partial charge in [-0.25, -0.2) is 0 Å². The molecule has 2 heterocycles. The molecule has 0 unspecified atom stereocenters. The van der Waals surface area contributed by atoms with E-state index in [0.717, 1.165) is 44.9 Å². The van der Waals surface area contributed by atoms with Crippen molar-refractivity contribution in [2.75, 3.05) is 24.6 Å². The average Bonchev–Trinajstić information content (AvgIpc) is 2.76. The molecule has 2 aliphatic rings. The van der Waals surface area contributed by atoms with Crippen molar-refractivity contribution in [3.05, 3.63) is 17.7 Å². The first-order valence-corrected chi connectivity index (χ1v) is 11.7. The second-order valence-electron chi connectivity index (χ2n) is 8.95. The molecule has 1 atom stereocenters. The van der Waals surface area contributed by atoms with Crippen LogP contribution in [0.15, 0.2) is 12.1 Å². The number of hydrogen-bond donors (Lipinski definition) is 2. The molecule has 2 fully saturated rings. The number of carboxylic acid groups (broad SMARTS) is 1. The molecular formula is C23H32F3N3O4. The average molecular weight is 472 g/mol. The monoisotopic (exact) mass is 471 g/mol. The number of aliphatic carboxylic acids is 1. The number of carbonyl (C=O) groups is 2. The molecule has 1 aliphatic heterocycles. The molecule has 10 heteroatoms. The number of hydrogen-bond acceptors (Lipinski definition) is 5. The molecule has 7 nitrogen and oxygen atoms in total. The lowest BCUT2D eigenvalue weighted by molar-refractivity contribution is -0.138. The second-order valence-corrected chi connectivity index (χ2v) is 8.95. The zero-order valence-corrected chi connectivity index (χ0v) is 18.7. The van der Waals surface area contributed by atoms with Gasteiger partial charge in [0.05, 0.1) is 6.61 Å². The fraction of sp³-hybridized carbons (Fsp3) is 0.696. The van der Waals surface area contributed by atoms with Gasteiger partial charge in [0.2, 0.25) is 5.88 Å². The summed E-state index contributed by atoms with van der Waals surface area (Å²) in [6.07, 6.45) is 1.26. The van der Waals surface area contributed by atoms with Crippen LogP contribution in [0, 0.1) is 5.92 Å². The van der Waals surface area contributed by atoms with E-state index in [1.165, 1.54) is 0 Å². The number of alkyl halides is 3. The number of aromatic nitrogens is 1. The summed E-state index contributed by atoms with van der Waals surface area (Å²) in [7, 11) is 0. The van der Waals surface area contributed by atoms with Gasteiger partial charge in [-0.2, -0.15) is 18.2 Å². The Balaban J connectivity index is 1.73. The lowest BCUT2D eigenvalue weighted by Gasteiger charge is -2.33. The Morgan fingerprint density at radius 3 is 2.61 bits per heavy atom. The van der Waals surface area contributed by atoms with Crippen LogP contribution in [0.5, 0.6) is 5.88 Å². The fourth-order valence-corrected chi connectivity index (χ4v) is 4.53. The first-order valence-electron chi connectivity index (χ1n) is 11.7. The Kier molecular flexibility index (Phi) is 8.80. The van der Waals surface area contributed by atoms with Crippen molar-refractivity contribution in [1.82, 2.24) is 10.3 Å². The van der Waals surface area contributed by atoms with Crippen LogP contribution in [0.4, 0.5) is 19.0 Å². The van der Waals surface area contributed by atoms with Crippen molar-refractivity contribution in [2.45, 2.75) is 76.4 Å². The lowest BCUT2D eigenvalue weighted by atomic mass is 9.95. The van der Waals surface area contributed by atoms with E-state index in [4.69, 9.17) is 9.84 Å². The molecule has 1 aliphatic carbocycles. The van der Waals surface area contributed by atoms with Crippen molar-refractivity contribution in [2.24, 2.45) is 5.92 Å². The predicted molar refractivity (Wildman–Crippen MR) is 117 cm³/mol. The molecule has 1 aromatic rings. The number of nitrogens with zero attached hydrogens (tertiary/aromatic N) is 2. The van der Waals surface area contributed by atoms with Crippen molar-refractivity contribution < 1.29 is 32.6 Å². The maximum atomic E-state index is 12.9. The van der Waals surface area contributed by atoms with Crippen molar-refractivity contribution in [3.8, 4) is 5.88 Å². The third-order valence-corrected chi connectivity index (χ3v) is 6.18. The summed E-state index contributed by atoms with van der Waals surface area (Å²) in [5.41, 5.74) is 0.204. The fourth-order valence-electron chi connectivity index (χ4n) is 4.53. The number of piperidine rings is 1. The van der Waals surface area contributed by atoms with Gasteiger partial charge in [0.25, 0.3) is 5.91 Å². The number of nitrogens with one attached hydrogen (secondary N) is 1. The minimum atomic E-state index is -4.27. The minimum Gasteiger partial charge on any atom is -0.481 e. The molecule has 184 valence electrons. The van der Waals surface area contributed by atoms with E-state index in [1.807, 2.05) is 4.90 Å². The van der Waals surface area contributed by atoms with Crippen molar-refractivity contribution in [1.29, 1.82) is 0 Å². The largest absolute Gasteiger partial charge is 0.481 e.